The molecule has 0 radical (unpaired) electrons. The van der Waals surface area contributed by atoms with Crippen LogP contribution in [0, 0.1) is 5.82 Å². The maximum atomic E-state index is 12.9. The summed E-state index contributed by atoms with van der Waals surface area (Å²) in [4.78, 5) is 18.4. The minimum absolute atomic E-state index is 0.0964. The van der Waals surface area contributed by atoms with Gasteiger partial charge in [0.25, 0.3) is 11.8 Å². The molecule has 1 saturated carbocycles. The number of likely N-dealkylation sites (tertiary alicyclic amines) is 1. The van der Waals surface area contributed by atoms with Gasteiger partial charge < -0.3 is 18.9 Å². The zero-order valence-electron chi connectivity index (χ0n) is 16.2. The third-order valence-corrected chi connectivity index (χ3v) is 5.17. The van der Waals surface area contributed by atoms with Crippen molar-refractivity contribution in [2.75, 3.05) is 19.7 Å². The molecule has 0 bridgehead atoms. The van der Waals surface area contributed by atoms with Crippen LogP contribution in [0.1, 0.15) is 24.6 Å². The van der Waals surface area contributed by atoms with Crippen LogP contribution < -0.4 is 9.47 Å². The molecular formula is C22H20FN3O4. The highest BCUT2D eigenvalue weighted by Gasteiger charge is 2.33. The van der Waals surface area contributed by atoms with Gasteiger partial charge in [0.05, 0.1) is 18.7 Å². The summed E-state index contributed by atoms with van der Waals surface area (Å²) in [6.07, 6.45) is 2.09. The van der Waals surface area contributed by atoms with Crippen LogP contribution in [-0.2, 0) is 4.79 Å². The number of carbonyl (C=O) groups is 1. The van der Waals surface area contributed by atoms with E-state index < -0.39 is 0 Å². The first-order chi connectivity index (χ1) is 14.7. The second-order valence-electron chi connectivity index (χ2n) is 7.51. The first-order valence-corrected chi connectivity index (χ1v) is 9.91. The summed E-state index contributed by atoms with van der Waals surface area (Å²) in [5.74, 6) is 2.24. The highest BCUT2D eigenvalue weighted by Crippen LogP contribution is 2.39. The highest BCUT2D eigenvalue weighted by molar-refractivity contribution is 5.78. The summed E-state index contributed by atoms with van der Waals surface area (Å²) in [6, 6.07) is 13.1. The number of para-hydroxylation sites is 1. The van der Waals surface area contributed by atoms with E-state index in [1.54, 1.807) is 4.90 Å². The lowest BCUT2D eigenvalue weighted by molar-refractivity contribution is -0.142. The second-order valence-corrected chi connectivity index (χ2v) is 7.51. The molecule has 1 aliphatic heterocycles. The van der Waals surface area contributed by atoms with Gasteiger partial charge in [0.15, 0.2) is 12.4 Å². The highest BCUT2D eigenvalue weighted by atomic mass is 19.1. The molecule has 0 atom stereocenters. The van der Waals surface area contributed by atoms with E-state index in [0.717, 1.165) is 24.2 Å². The van der Waals surface area contributed by atoms with Crippen LogP contribution in [0.3, 0.4) is 0 Å². The molecule has 2 heterocycles. The SMILES string of the molecule is O=C(COc1ccc(F)cc1)N1CC(Oc2ccccc2-c2nc(C3CC3)no2)C1. The summed E-state index contributed by atoms with van der Waals surface area (Å²) in [7, 11) is 0. The van der Waals surface area contributed by atoms with Gasteiger partial charge >= 0.3 is 0 Å². The molecule has 8 heteroatoms. The normalized spacial score (nSPS) is 16.2. The molecule has 7 nitrogen and oxygen atoms in total. The fourth-order valence-electron chi connectivity index (χ4n) is 3.26. The Morgan fingerprint density at radius 1 is 1.13 bits per heavy atom. The van der Waals surface area contributed by atoms with Crippen molar-refractivity contribution in [2.24, 2.45) is 0 Å². The summed E-state index contributed by atoms with van der Waals surface area (Å²) in [5.41, 5.74) is 0.751. The number of aromatic nitrogens is 2. The summed E-state index contributed by atoms with van der Waals surface area (Å²) < 4.78 is 29.8. The van der Waals surface area contributed by atoms with Crippen molar-refractivity contribution in [3.63, 3.8) is 0 Å². The molecule has 2 fully saturated rings. The van der Waals surface area contributed by atoms with Gasteiger partial charge in [-0.3, -0.25) is 4.79 Å². The standard InChI is InChI=1S/C22H20FN3O4/c23-15-7-9-16(10-8-15)28-13-20(27)26-11-17(12-26)29-19-4-2-1-3-18(19)22-24-21(25-30-22)14-5-6-14/h1-4,7-10,14,17H,5-6,11-13H2. The fourth-order valence-corrected chi connectivity index (χ4v) is 3.26. The topological polar surface area (TPSA) is 77.7 Å². The number of amides is 1. The van der Waals surface area contributed by atoms with Gasteiger partial charge in [0.2, 0.25) is 0 Å². The van der Waals surface area contributed by atoms with Gasteiger partial charge in [-0.05, 0) is 49.2 Å². The monoisotopic (exact) mass is 409 g/mol. The zero-order valence-corrected chi connectivity index (χ0v) is 16.2. The fraction of sp³-hybridized carbons (Fsp3) is 0.318. The third kappa shape index (κ3) is 3.98. The van der Waals surface area contributed by atoms with Crippen molar-refractivity contribution < 1.29 is 23.2 Å². The van der Waals surface area contributed by atoms with Crippen molar-refractivity contribution >= 4 is 5.91 Å². The predicted octanol–water partition coefficient (Wildman–Crippen LogP) is 3.42. The first kappa shape index (κ1) is 18.6. The minimum Gasteiger partial charge on any atom is -0.486 e. The number of ether oxygens (including phenoxy) is 2. The molecule has 3 aromatic rings. The van der Waals surface area contributed by atoms with Crippen LogP contribution >= 0.6 is 0 Å². The van der Waals surface area contributed by atoms with Crippen molar-refractivity contribution in [1.29, 1.82) is 0 Å². The van der Waals surface area contributed by atoms with Gasteiger partial charge in [0.1, 0.15) is 23.4 Å². The van der Waals surface area contributed by atoms with E-state index in [4.69, 9.17) is 14.0 Å². The van der Waals surface area contributed by atoms with Gasteiger partial charge in [-0.25, -0.2) is 4.39 Å². The molecule has 0 spiro atoms. The summed E-state index contributed by atoms with van der Waals surface area (Å²) >= 11 is 0. The van der Waals surface area contributed by atoms with Gasteiger partial charge in [-0.1, -0.05) is 17.3 Å². The lowest BCUT2D eigenvalue weighted by Crippen LogP contribution is -2.57. The maximum absolute atomic E-state index is 12.9. The van der Waals surface area contributed by atoms with Crippen LogP contribution in [0.25, 0.3) is 11.5 Å². The Kier molecular flexibility index (Phi) is 4.82. The molecule has 5 rings (SSSR count). The smallest absolute Gasteiger partial charge is 0.261 e. The second kappa shape index (κ2) is 7.78. The molecule has 30 heavy (non-hydrogen) atoms. The Morgan fingerprint density at radius 3 is 2.67 bits per heavy atom. The number of rotatable bonds is 7. The Labute approximate surface area is 172 Å². The van der Waals surface area contributed by atoms with Gasteiger partial charge in [-0.2, -0.15) is 4.98 Å². The molecule has 154 valence electrons. The molecule has 1 amide bonds. The van der Waals surface area contributed by atoms with Crippen molar-refractivity contribution in [3.8, 4) is 23.0 Å². The molecule has 2 aromatic carbocycles. The largest absolute Gasteiger partial charge is 0.486 e. The molecule has 0 N–H and O–H groups in total. The average Bonchev–Trinajstić information content (AvgIpc) is 3.47. The third-order valence-electron chi connectivity index (χ3n) is 5.17. The van der Waals surface area contributed by atoms with E-state index in [2.05, 4.69) is 10.1 Å². The minimum atomic E-state index is -0.346. The lowest BCUT2D eigenvalue weighted by atomic mass is 10.1. The quantitative estimate of drug-likeness (QED) is 0.595. The number of hydrogen-bond donors (Lipinski definition) is 0. The molecular weight excluding hydrogens is 389 g/mol. The van der Waals surface area contributed by atoms with Crippen molar-refractivity contribution in [2.45, 2.75) is 24.9 Å². The van der Waals surface area contributed by atoms with Gasteiger partial charge in [0, 0.05) is 5.92 Å². The van der Waals surface area contributed by atoms with Crippen LogP contribution in [-0.4, -0.2) is 46.7 Å². The van der Waals surface area contributed by atoms with E-state index in [1.165, 1.54) is 24.3 Å². The van der Waals surface area contributed by atoms with E-state index >= 15 is 0 Å². The van der Waals surface area contributed by atoms with E-state index in [9.17, 15) is 9.18 Å². The zero-order chi connectivity index (χ0) is 20.5. The average molecular weight is 409 g/mol. The Balaban J connectivity index is 1.15. The molecule has 2 aliphatic rings. The molecule has 1 aliphatic carbocycles. The number of halogens is 1. The number of nitrogens with zero attached hydrogens (tertiary/aromatic N) is 3. The first-order valence-electron chi connectivity index (χ1n) is 9.91. The number of benzene rings is 2. The Hall–Kier alpha value is -3.42. The van der Waals surface area contributed by atoms with E-state index in [1.807, 2.05) is 24.3 Å². The number of hydrogen-bond acceptors (Lipinski definition) is 6. The van der Waals surface area contributed by atoms with Crippen molar-refractivity contribution in [1.82, 2.24) is 15.0 Å². The Bertz CT molecular complexity index is 1040. The maximum Gasteiger partial charge on any atom is 0.261 e. The van der Waals surface area contributed by atoms with E-state index in [-0.39, 0.29) is 24.4 Å². The lowest BCUT2D eigenvalue weighted by Gasteiger charge is -2.39. The van der Waals surface area contributed by atoms with Crippen LogP contribution in [0.4, 0.5) is 4.39 Å². The number of carbonyl (C=O) groups excluding carboxylic acids is 1. The van der Waals surface area contributed by atoms with Crippen LogP contribution in [0.5, 0.6) is 11.5 Å². The van der Waals surface area contributed by atoms with Crippen molar-refractivity contribution in [3.05, 3.63) is 60.2 Å². The predicted molar refractivity (Wildman–Crippen MR) is 105 cm³/mol. The summed E-state index contributed by atoms with van der Waals surface area (Å²) in [5, 5.41) is 4.07. The molecule has 1 aromatic heterocycles. The van der Waals surface area contributed by atoms with Gasteiger partial charge in [-0.15, -0.1) is 0 Å². The van der Waals surface area contributed by atoms with Crippen LogP contribution in [0.2, 0.25) is 0 Å². The summed E-state index contributed by atoms with van der Waals surface area (Å²) in [6.45, 7) is 0.842. The Morgan fingerprint density at radius 2 is 1.90 bits per heavy atom. The van der Waals surface area contributed by atoms with E-state index in [0.29, 0.717) is 36.4 Å². The van der Waals surface area contributed by atoms with Crippen LogP contribution in [0.15, 0.2) is 53.1 Å². The molecule has 0 unspecified atom stereocenters. The molecule has 1 saturated heterocycles.